The molecule has 1 aromatic heterocycles. The number of anilines is 2. The first-order valence-electron chi connectivity index (χ1n) is 9.10. The van der Waals surface area contributed by atoms with E-state index in [2.05, 4.69) is 19.7 Å². The molecule has 31 heavy (non-hydrogen) atoms. The molecule has 3 rings (SSSR count). The van der Waals surface area contributed by atoms with Gasteiger partial charge < -0.3 is 19.3 Å². The average Bonchev–Trinajstić information content (AvgIpc) is 3.26. The van der Waals surface area contributed by atoms with Gasteiger partial charge in [-0.3, -0.25) is 9.52 Å². The molecule has 0 aliphatic rings. The fraction of sp³-hybridized carbons (Fsp3) is 0.150. The molecule has 162 valence electrons. The van der Waals surface area contributed by atoms with Crippen LogP contribution in [0, 0.1) is 0 Å². The molecule has 0 saturated heterocycles. The Morgan fingerprint density at radius 1 is 1.03 bits per heavy atom. The number of sulfonamides is 1. The van der Waals surface area contributed by atoms with Crippen LogP contribution >= 0.6 is 0 Å². The van der Waals surface area contributed by atoms with E-state index in [-0.39, 0.29) is 22.0 Å². The SMILES string of the molecule is CCOc1ccc(S(=O)(=O)Nc2ccc(C(=O)OCC(=O)Nc3ccon3)cc2)cc1. The predicted molar refractivity (Wildman–Crippen MR) is 110 cm³/mol. The average molecular weight is 445 g/mol. The molecule has 11 heteroatoms. The highest BCUT2D eigenvalue weighted by Crippen LogP contribution is 2.20. The first kappa shape index (κ1) is 21.8. The van der Waals surface area contributed by atoms with Crippen LogP contribution in [-0.2, 0) is 19.6 Å². The van der Waals surface area contributed by atoms with Crippen molar-refractivity contribution in [3.63, 3.8) is 0 Å². The molecule has 0 radical (unpaired) electrons. The highest BCUT2D eigenvalue weighted by Gasteiger charge is 2.16. The van der Waals surface area contributed by atoms with Crippen LogP contribution in [0.3, 0.4) is 0 Å². The van der Waals surface area contributed by atoms with Gasteiger partial charge in [0.05, 0.1) is 17.1 Å². The Labute approximate surface area is 178 Å². The quantitative estimate of drug-likeness (QED) is 0.480. The molecular weight excluding hydrogens is 426 g/mol. The van der Waals surface area contributed by atoms with Crippen LogP contribution in [0.15, 0.2) is 70.3 Å². The fourth-order valence-electron chi connectivity index (χ4n) is 2.44. The van der Waals surface area contributed by atoms with Crippen LogP contribution in [0.25, 0.3) is 0 Å². The predicted octanol–water partition coefficient (Wildman–Crippen LogP) is 2.67. The Bertz CT molecular complexity index is 1130. The lowest BCUT2D eigenvalue weighted by Gasteiger charge is -2.10. The van der Waals surface area contributed by atoms with Gasteiger partial charge in [0.1, 0.15) is 12.0 Å². The van der Waals surface area contributed by atoms with E-state index in [0.717, 1.165) is 0 Å². The van der Waals surface area contributed by atoms with Gasteiger partial charge in [0, 0.05) is 11.8 Å². The van der Waals surface area contributed by atoms with Crippen molar-refractivity contribution in [3.05, 3.63) is 66.4 Å². The molecule has 10 nitrogen and oxygen atoms in total. The molecule has 0 spiro atoms. The monoisotopic (exact) mass is 445 g/mol. The van der Waals surface area contributed by atoms with Gasteiger partial charge in [-0.25, -0.2) is 13.2 Å². The molecule has 1 amide bonds. The minimum atomic E-state index is -3.81. The summed E-state index contributed by atoms with van der Waals surface area (Å²) in [5.74, 6) is -0.553. The smallest absolute Gasteiger partial charge is 0.338 e. The van der Waals surface area contributed by atoms with Crippen LogP contribution in [0.1, 0.15) is 17.3 Å². The van der Waals surface area contributed by atoms with Crippen LogP contribution < -0.4 is 14.8 Å². The molecule has 0 fully saturated rings. The first-order chi connectivity index (χ1) is 14.9. The fourth-order valence-corrected chi connectivity index (χ4v) is 3.50. The second-order valence-electron chi connectivity index (χ2n) is 6.10. The van der Waals surface area contributed by atoms with Crippen molar-refractivity contribution in [2.75, 3.05) is 23.3 Å². The molecule has 1 heterocycles. The summed E-state index contributed by atoms with van der Waals surface area (Å²) in [5, 5.41) is 5.89. The lowest BCUT2D eigenvalue weighted by atomic mass is 10.2. The summed E-state index contributed by atoms with van der Waals surface area (Å²) in [5.41, 5.74) is 0.410. The van der Waals surface area contributed by atoms with Gasteiger partial charge in [-0.15, -0.1) is 0 Å². The molecule has 0 aliphatic heterocycles. The van der Waals surface area contributed by atoms with E-state index >= 15 is 0 Å². The topological polar surface area (TPSA) is 137 Å². The van der Waals surface area contributed by atoms with E-state index < -0.39 is 28.5 Å². The molecular formula is C20H19N3O7S. The van der Waals surface area contributed by atoms with Crippen molar-refractivity contribution in [2.45, 2.75) is 11.8 Å². The minimum absolute atomic E-state index is 0.0672. The summed E-state index contributed by atoms with van der Waals surface area (Å²) in [7, 11) is -3.81. The summed E-state index contributed by atoms with van der Waals surface area (Å²) >= 11 is 0. The summed E-state index contributed by atoms with van der Waals surface area (Å²) < 4.78 is 42.2. The zero-order valence-corrected chi connectivity index (χ0v) is 17.2. The number of ether oxygens (including phenoxy) is 2. The second-order valence-corrected chi connectivity index (χ2v) is 7.78. The van der Waals surface area contributed by atoms with Gasteiger partial charge in [-0.1, -0.05) is 5.16 Å². The van der Waals surface area contributed by atoms with Crippen LogP contribution in [0.4, 0.5) is 11.5 Å². The van der Waals surface area contributed by atoms with Gasteiger partial charge in [-0.05, 0) is 55.5 Å². The Morgan fingerprint density at radius 2 is 1.74 bits per heavy atom. The summed E-state index contributed by atoms with van der Waals surface area (Å²) in [6.07, 6.45) is 1.29. The van der Waals surface area contributed by atoms with E-state index in [1.807, 2.05) is 6.92 Å². The summed E-state index contributed by atoms with van der Waals surface area (Å²) in [6, 6.07) is 13.0. The largest absolute Gasteiger partial charge is 0.494 e. The van der Waals surface area contributed by atoms with E-state index in [0.29, 0.717) is 12.4 Å². The van der Waals surface area contributed by atoms with Gasteiger partial charge in [0.15, 0.2) is 12.4 Å². The number of hydrogen-bond donors (Lipinski definition) is 2. The Balaban J connectivity index is 1.56. The van der Waals surface area contributed by atoms with Crippen molar-refractivity contribution in [1.29, 1.82) is 0 Å². The highest BCUT2D eigenvalue weighted by atomic mass is 32.2. The number of aromatic nitrogens is 1. The normalized spacial score (nSPS) is 10.9. The number of nitrogens with one attached hydrogen (secondary N) is 2. The van der Waals surface area contributed by atoms with E-state index in [9.17, 15) is 18.0 Å². The molecule has 0 saturated carbocycles. The minimum Gasteiger partial charge on any atom is -0.494 e. The summed E-state index contributed by atoms with van der Waals surface area (Å²) in [6.45, 7) is 1.79. The maximum absolute atomic E-state index is 12.5. The van der Waals surface area contributed by atoms with Gasteiger partial charge in [0.2, 0.25) is 0 Å². The number of rotatable bonds is 9. The van der Waals surface area contributed by atoms with Gasteiger partial charge >= 0.3 is 5.97 Å². The molecule has 0 aliphatic carbocycles. The van der Waals surface area contributed by atoms with E-state index in [4.69, 9.17) is 9.47 Å². The third-order valence-electron chi connectivity index (χ3n) is 3.86. The van der Waals surface area contributed by atoms with Crippen molar-refractivity contribution in [2.24, 2.45) is 0 Å². The maximum Gasteiger partial charge on any atom is 0.338 e. The lowest BCUT2D eigenvalue weighted by molar-refractivity contribution is -0.119. The zero-order chi connectivity index (χ0) is 22.3. The van der Waals surface area contributed by atoms with Crippen molar-refractivity contribution < 1.29 is 32.0 Å². The Hall–Kier alpha value is -3.86. The van der Waals surface area contributed by atoms with Crippen LogP contribution in [0.5, 0.6) is 5.75 Å². The second kappa shape index (κ2) is 9.76. The first-order valence-corrected chi connectivity index (χ1v) is 10.6. The molecule has 2 aromatic carbocycles. The number of hydrogen-bond acceptors (Lipinski definition) is 8. The van der Waals surface area contributed by atoms with Crippen LogP contribution in [-0.4, -0.2) is 38.7 Å². The Morgan fingerprint density at radius 3 is 2.35 bits per heavy atom. The van der Waals surface area contributed by atoms with Crippen LogP contribution in [0.2, 0.25) is 0 Å². The number of nitrogens with zero attached hydrogens (tertiary/aromatic N) is 1. The molecule has 2 N–H and O–H groups in total. The Kier molecular flexibility index (Phi) is 6.88. The third kappa shape index (κ3) is 6.06. The number of amides is 1. The lowest BCUT2D eigenvalue weighted by Crippen LogP contribution is -2.21. The number of carbonyl (C=O) groups is 2. The van der Waals surface area contributed by atoms with Crippen molar-refractivity contribution in [1.82, 2.24) is 5.16 Å². The molecule has 0 atom stereocenters. The molecule has 0 unspecified atom stereocenters. The zero-order valence-electron chi connectivity index (χ0n) is 16.4. The summed E-state index contributed by atoms with van der Waals surface area (Å²) in [4.78, 5) is 23.8. The molecule has 0 bridgehead atoms. The van der Waals surface area contributed by atoms with Crippen molar-refractivity contribution >= 4 is 33.4 Å². The number of carbonyl (C=O) groups excluding carboxylic acids is 2. The maximum atomic E-state index is 12.5. The molecule has 3 aromatic rings. The number of esters is 1. The standard InChI is InChI=1S/C20H19N3O7S/c1-2-28-16-7-9-17(10-8-16)31(26,27)23-15-5-3-14(4-6-15)20(25)29-13-19(24)21-18-11-12-30-22-18/h3-12,23H,2,13H2,1H3,(H,21,22,24). The van der Waals surface area contributed by atoms with Crippen molar-refractivity contribution in [3.8, 4) is 5.75 Å². The third-order valence-corrected chi connectivity index (χ3v) is 5.25. The van der Waals surface area contributed by atoms with E-state index in [1.165, 1.54) is 48.7 Å². The highest BCUT2D eigenvalue weighted by molar-refractivity contribution is 7.92. The number of benzene rings is 2. The van der Waals surface area contributed by atoms with Gasteiger partial charge in [-0.2, -0.15) is 0 Å². The van der Waals surface area contributed by atoms with Gasteiger partial charge in [0.25, 0.3) is 15.9 Å². The van der Waals surface area contributed by atoms with E-state index in [1.54, 1.807) is 12.1 Å².